The Kier molecular flexibility index (Phi) is 7.53. The summed E-state index contributed by atoms with van der Waals surface area (Å²) in [5, 5.41) is 9.44. The van der Waals surface area contributed by atoms with Crippen molar-refractivity contribution in [3.8, 4) is 33.4 Å². The van der Waals surface area contributed by atoms with Crippen LogP contribution in [0.4, 0.5) is 17.1 Å². The van der Waals surface area contributed by atoms with Crippen LogP contribution in [0.2, 0.25) is 0 Å². The van der Waals surface area contributed by atoms with Crippen molar-refractivity contribution < 1.29 is 4.42 Å². The highest BCUT2D eigenvalue weighted by atomic mass is 16.3. The minimum absolute atomic E-state index is 0.889. The van der Waals surface area contributed by atoms with Crippen LogP contribution in [0.1, 0.15) is 0 Å². The Morgan fingerprint density at radius 1 is 0.321 bits per heavy atom. The van der Waals surface area contributed by atoms with Crippen molar-refractivity contribution in [2.24, 2.45) is 0 Å². The molecule has 10 aromatic carbocycles. The molecule has 1 heterocycles. The number of furan rings is 1. The molecule has 11 rings (SSSR count). The minimum atomic E-state index is 0.889. The monoisotopic (exact) mass is 713 g/mol. The van der Waals surface area contributed by atoms with Crippen LogP contribution in [-0.2, 0) is 0 Å². The van der Waals surface area contributed by atoms with Crippen LogP contribution in [-0.4, -0.2) is 0 Å². The highest BCUT2D eigenvalue weighted by molar-refractivity contribution is 6.20. The Labute approximate surface area is 325 Å². The van der Waals surface area contributed by atoms with E-state index in [-0.39, 0.29) is 0 Å². The summed E-state index contributed by atoms with van der Waals surface area (Å²) in [6.45, 7) is 0. The van der Waals surface area contributed by atoms with E-state index >= 15 is 0 Å². The summed E-state index contributed by atoms with van der Waals surface area (Å²) in [5.41, 5.74) is 12.1. The average molecular weight is 714 g/mol. The van der Waals surface area contributed by atoms with Gasteiger partial charge in [-0.05, 0) is 97.2 Å². The number of fused-ring (bicyclic) bond motifs is 8. The molecule has 0 aliphatic carbocycles. The van der Waals surface area contributed by atoms with Gasteiger partial charge in [-0.25, -0.2) is 0 Å². The third-order valence-corrected chi connectivity index (χ3v) is 11.3. The molecule has 0 aliphatic heterocycles. The smallest absolute Gasteiger partial charge is 0.145 e. The topological polar surface area (TPSA) is 16.4 Å². The first-order valence-corrected chi connectivity index (χ1v) is 19.2. The Bertz CT molecular complexity index is 3250. The predicted molar refractivity (Wildman–Crippen MR) is 237 cm³/mol. The van der Waals surface area contributed by atoms with Gasteiger partial charge in [0.15, 0.2) is 0 Å². The second kappa shape index (κ2) is 13.2. The molecule has 0 N–H and O–H groups in total. The maximum atomic E-state index is 6.75. The van der Waals surface area contributed by atoms with Crippen LogP contribution in [0.15, 0.2) is 217 Å². The van der Waals surface area contributed by atoms with Crippen LogP contribution < -0.4 is 4.90 Å². The third kappa shape index (κ3) is 5.19. The largest absolute Gasteiger partial charge is 0.455 e. The SMILES string of the molecule is c1ccc(-c2ccc(N(c3ccccc3-c3ccccc3-c3cc4ccccc4c4ccccc34)c3cccc4ccc5c6ccccc6oc5c34)cc2)cc1. The summed E-state index contributed by atoms with van der Waals surface area (Å²) in [6.07, 6.45) is 0. The molecular formula is C54H35NO. The van der Waals surface area contributed by atoms with Crippen LogP contribution in [0.25, 0.3) is 87.6 Å². The van der Waals surface area contributed by atoms with Gasteiger partial charge in [-0.3, -0.25) is 0 Å². The molecule has 0 spiro atoms. The first-order valence-electron chi connectivity index (χ1n) is 19.2. The molecule has 2 heteroatoms. The fourth-order valence-corrected chi connectivity index (χ4v) is 8.69. The van der Waals surface area contributed by atoms with Gasteiger partial charge in [-0.15, -0.1) is 0 Å². The van der Waals surface area contributed by atoms with Crippen molar-refractivity contribution in [2.45, 2.75) is 0 Å². The molecule has 0 fully saturated rings. The van der Waals surface area contributed by atoms with Gasteiger partial charge in [0.1, 0.15) is 11.2 Å². The minimum Gasteiger partial charge on any atom is -0.455 e. The number of anilines is 3. The molecule has 0 radical (unpaired) electrons. The molecule has 0 atom stereocenters. The summed E-state index contributed by atoms with van der Waals surface area (Å²) >= 11 is 0. The number of para-hydroxylation sites is 2. The van der Waals surface area contributed by atoms with Crippen molar-refractivity contribution in [3.63, 3.8) is 0 Å². The van der Waals surface area contributed by atoms with E-state index < -0.39 is 0 Å². The Hall–Kier alpha value is -7.42. The fraction of sp³-hybridized carbons (Fsp3) is 0. The number of benzene rings is 10. The van der Waals surface area contributed by atoms with Crippen LogP contribution in [0.5, 0.6) is 0 Å². The highest BCUT2D eigenvalue weighted by Gasteiger charge is 2.23. The van der Waals surface area contributed by atoms with Crippen molar-refractivity contribution in [1.29, 1.82) is 0 Å². The second-order valence-electron chi connectivity index (χ2n) is 14.4. The summed E-state index contributed by atoms with van der Waals surface area (Å²) < 4.78 is 6.75. The number of hydrogen-bond donors (Lipinski definition) is 0. The summed E-state index contributed by atoms with van der Waals surface area (Å²) in [5.74, 6) is 0. The zero-order chi connectivity index (χ0) is 37.0. The molecule has 0 saturated carbocycles. The quantitative estimate of drug-likeness (QED) is 0.160. The lowest BCUT2D eigenvalue weighted by Crippen LogP contribution is -2.12. The fourth-order valence-electron chi connectivity index (χ4n) is 8.69. The van der Waals surface area contributed by atoms with Crippen molar-refractivity contribution in [3.05, 3.63) is 212 Å². The van der Waals surface area contributed by atoms with E-state index in [1.165, 1.54) is 49.4 Å². The lowest BCUT2D eigenvalue weighted by Gasteiger charge is -2.29. The van der Waals surface area contributed by atoms with Crippen molar-refractivity contribution in [1.82, 2.24) is 0 Å². The molecular weight excluding hydrogens is 679 g/mol. The normalized spacial score (nSPS) is 11.6. The van der Waals surface area contributed by atoms with Crippen molar-refractivity contribution >= 4 is 71.3 Å². The number of nitrogens with zero attached hydrogens (tertiary/aromatic N) is 1. The molecule has 56 heavy (non-hydrogen) atoms. The molecule has 0 aliphatic rings. The van der Waals surface area contributed by atoms with Gasteiger partial charge >= 0.3 is 0 Å². The molecule has 0 unspecified atom stereocenters. The zero-order valence-corrected chi connectivity index (χ0v) is 30.6. The molecule has 2 nitrogen and oxygen atoms in total. The highest BCUT2D eigenvalue weighted by Crippen LogP contribution is 2.48. The zero-order valence-electron chi connectivity index (χ0n) is 30.6. The van der Waals surface area contributed by atoms with E-state index in [4.69, 9.17) is 4.42 Å². The standard InChI is InChI=1S/C54H35NO/c1-2-15-36(16-3-1)37-29-32-40(33-30-37)55(51-27-14-18-38-31-34-48-47-25-11-13-28-52(47)56-54(48)53(38)51)50-26-12-10-24-46(50)43-21-7-9-23-45(43)49-35-39-17-4-5-19-41(39)42-20-6-8-22-44(42)49/h1-35H. The average Bonchev–Trinajstić information content (AvgIpc) is 3.66. The van der Waals surface area contributed by atoms with Crippen molar-refractivity contribution in [2.75, 3.05) is 4.90 Å². The van der Waals surface area contributed by atoms with Crippen LogP contribution in [0.3, 0.4) is 0 Å². The van der Waals surface area contributed by atoms with E-state index in [2.05, 4.69) is 211 Å². The van der Waals surface area contributed by atoms with Crippen LogP contribution >= 0.6 is 0 Å². The van der Waals surface area contributed by atoms with E-state index in [1.807, 2.05) is 6.07 Å². The molecule has 0 bridgehead atoms. The van der Waals surface area contributed by atoms with Crippen LogP contribution in [0, 0.1) is 0 Å². The molecule has 11 aromatic rings. The van der Waals surface area contributed by atoms with Gasteiger partial charge in [0.25, 0.3) is 0 Å². The maximum absolute atomic E-state index is 6.75. The van der Waals surface area contributed by atoms with Gasteiger partial charge in [0, 0.05) is 27.4 Å². The van der Waals surface area contributed by atoms with Gasteiger partial charge in [-0.2, -0.15) is 0 Å². The van der Waals surface area contributed by atoms with Gasteiger partial charge < -0.3 is 9.32 Å². The summed E-state index contributed by atoms with van der Waals surface area (Å²) in [6, 6.07) is 76.5. The third-order valence-electron chi connectivity index (χ3n) is 11.3. The first-order chi connectivity index (χ1) is 27.8. The summed E-state index contributed by atoms with van der Waals surface area (Å²) in [7, 11) is 0. The van der Waals surface area contributed by atoms with E-state index in [0.717, 1.165) is 55.3 Å². The predicted octanol–water partition coefficient (Wildman–Crippen LogP) is 15.5. The Morgan fingerprint density at radius 2 is 0.911 bits per heavy atom. The number of hydrogen-bond acceptors (Lipinski definition) is 2. The maximum Gasteiger partial charge on any atom is 0.145 e. The lowest BCUT2D eigenvalue weighted by atomic mass is 9.88. The lowest BCUT2D eigenvalue weighted by molar-refractivity contribution is 0.672. The van der Waals surface area contributed by atoms with Gasteiger partial charge in [0.05, 0.1) is 11.4 Å². The second-order valence-corrected chi connectivity index (χ2v) is 14.4. The molecule has 1 aromatic heterocycles. The van der Waals surface area contributed by atoms with E-state index in [9.17, 15) is 0 Å². The Morgan fingerprint density at radius 3 is 1.73 bits per heavy atom. The first kappa shape index (κ1) is 32.0. The molecule has 0 saturated heterocycles. The van der Waals surface area contributed by atoms with Gasteiger partial charge in [0.2, 0.25) is 0 Å². The molecule has 262 valence electrons. The van der Waals surface area contributed by atoms with Gasteiger partial charge in [-0.1, -0.05) is 170 Å². The Balaban J connectivity index is 1.18. The summed E-state index contributed by atoms with van der Waals surface area (Å²) in [4.78, 5) is 2.42. The molecule has 0 amide bonds. The number of rotatable bonds is 6. The van der Waals surface area contributed by atoms with E-state index in [0.29, 0.717) is 0 Å². The van der Waals surface area contributed by atoms with E-state index in [1.54, 1.807) is 0 Å².